The van der Waals surface area contributed by atoms with Crippen LogP contribution in [0, 0.1) is 5.82 Å². The van der Waals surface area contributed by atoms with Gasteiger partial charge in [-0.15, -0.1) is 10.2 Å². The van der Waals surface area contributed by atoms with Gasteiger partial charge in [-0.3, -0.25) is 9.59 Å². The van der Waals surface area contributed by atoms with Gasteiger partial charge < -0.3 is 20.3 Å². The first kappa shape index (κ1) is 21.7. The van der Waals surface area contributed by atoms with Crippen LogP contribution in [0.1, 0.15) is 27.3 Å². The molecule has 8 nitrogen and oxygen atoms in total. The third-order valence-corrected chi connectivity index (χ3v) is 5.77. The number of carbonyl (C=O) groups excluding carboxylic acids is 2. The third kappa shape index (κ3) is 5.02. The van der Waals surface area contributed by atoms with E-state index >= 15 is 0 Å². The van der Waals surface area contributed by atoms with Crippen molar-refractivity contribution in [2.45, 2.75) is 26.1 Å². The quantitative estimate of drug-likeness (QED) is 0.568. The molecule has 2 N–H and O–H groups in total. The van der Waals surface area contributed by atoms with E-state index in [2.05, 4.69) is 20.8 Å². The largest absolute Gasteiger partial charge is 0.477 e. The fourth-order valence-corrected chi connectivity index (χ4v) is 4.09. The van der Waals surface area contributed by atoms with Gasteiger partial charge in [0.1, 0.15) is 16.6 Å². The first-order valence-corrected chi connectivity index (χ1v) is 11.0. The Morgan fingerprint density at radius 3 is 2.72 bits per heavy atom. The maximum Gasteiger partial charge on any atom is 0.282 e. The zero-order valence-corrected chi connectivity index (χ0v) is 18.2. The lowest BCUT2D eigenvalue weighted by atomic mass is 10.2. The lowest BCUT2D eigenvalue weighted by molar-refractivity contribution is -0.127. The van der Waals surface area contributed by atoms with E-state index in [-0.39, 0.29) is 29.2 Å². The number of halogens is 1. The number of hydrogen-bond donors (Lipinski definition) is 2. The van der Waals surface area contributed by atoms with Gasteiger partial charge in [-0.1, -0.05) is 35.6 Å². The molecule has 0 unspecified atom stereocenters. The number of aromatic nitrogens is 2. The molecule has 3 aromatic rings. The number of para-hydroxylation sites is 2. The number of rotatable bonds is 7. The SMILES string of the molecule is CCNC(=O)[C@H]1CN(Cc2nnc(C(=O)NCc3ccc(F)cc3)s2)c2ccccc2O1. The minimum Gasteiger partial charge on any atom is -0.477 e. The van der Waals surface area contributed by atoms with Gasteiger partial charge in [-0.25, -0.2) is 4.39 Å². The standard InChI is InChI=1S/C22H22FN5O3S/c1-2-24-20(29)18-12-28(16-5-3-4-6-17(16)31-18)13-19-26-27-22(32-19)21(30)25-11-14-7-9-15(23)10-8-14/h3-10,18H,2,11-13H2,1H3,(H,24,29)(H,25,30)/t18-/m1/s1. The maximum atomic E-state index is 13.0. The Bertz CT molecular complexity index is 1100. The molecule has 0 aliphatic carbocycles. The Balaban J connectivity index is 1.43. The second-order valence-corrected chi connectivity index (χ2v) is 8.22. The second-order valence-electron chi connectivity index (χ2n) is 7.16. The molecule has 166 valence electrons. The summed E-state index contributed by atoms with van der Waals surface area (Å²) in [7, 11) is 0. The van der Waals surface area contributed by atoms with Crippen molar-refractivity contribution < 1.29 is 18.7 Å². The average Bonchev–Trinajstić information content (AvgIpc) is 3.27. The van der Waals surface area contributed by atoms with E-state index in [1.807, 2.05) is 36.1 Å². The Kier molecular flexibility index (Phi) is 6.60. The summed E-state index contributed by atoms with van der Waals surface area (Å²) in [5, 5.41) is 14.6. The molecule has 2 aromatic carbocycles. The molecule has 1 atom stereocenters. The van der Waals surface area contributed by atoms with Gasteiger partial charge in [-0.05, 0) is 36.8 Å². The van der Waals surface area contributed by atoms with Gasteiger partial charge in [0.25, 0.3) is 11.8 Å². The molecule has 0 saturated heterocycles. The number of ether oxygens (including phenoxy) is 1. The summed E-state index contributed by atoms with van der Waals surface area (Å²) >= 11 is 1.19. The van der Waals surface area contributed by atoms with Crippen molar-refractivity contribution in [1.29, 1.82) is 0 Å². The number of nitrogens with zero attached hydrogens (tertiary/aromatic N) is 3. The highest BCUT2D eigenvalue weighted by atomic mass is 32.1. The molecule has 2 heterocycles. The van der Waals surface area contributed by atoms with Gasteiger partial charge in [0, 0.05) is 13.1 Å². The van der Waals surface area contributed by atoms with Crippen molar-refractivity contribution in [3.05, 3.63) is 69.9 Å². The zero-order valence-electron chi connectivity index (χ0n) is 17.4. The van der Waals surface area contributed by atoms with Crippen LogP contribution in [0.15, 0.2) is 48.5 Å². The summed E-state index contributed by atoms with van der Waals surface area (Å²) in [6, 6.07) is 13.4. The molecule has 0 radical (unpaired) electrons. The lowest BCUT2D eigenvalue weighted by Gasteiger charge is -2.35. The molecule has 0 saturated carbocycles. The van der Waals surface area contributed by atoms with Crippen LogP contribution in [0.2, 0.25) is 0 Å². The van der Waals surface area contributed by atoms with Crippen molar-refractivity contribution >= 4 is 28.8 Å². The van der Waals surface area contributed by atoms with Crippen LogP contribution >= 0.6 is 11.3 Å². The molecular weight excluding hydrogens is 433 g/mol. The number of fused-ring (bicyclic) bond motifs is 1. The van der Waals surface area contributed by atoms with E-state index in [0.717, 1.165) is 11.3 Å². The summed E-state index contributed by atoms with van der Waals surface area (Å²) in [6.45, 7) is 3.39. The smallest absolute Gasteiger partial charge is 0.282 e. The summed E-state index contributed by atoms with van der Waals surface area (Å²) < 4.78 is 18.9. The fraction of sp³-hybridized carbons (Fsp3) is 0.273. The monoisotopic (exact) mass is 455 g/mol. The third-order valence-electron chi connectivity index (χ3n) is 4.86. The molecule has 1 aromatic heterocycles. The molecule has 10 heteroatoms. The van der Waals surface area contributed by atoms with Crippen LogP contribution in [0.5, 0.6) is 5.75 Å². The number of likely N-dealkylation sites (N-methyl/N-ethyl adjacent to an activating group) is 1. The fourth-order valence-electron chi connectivity index (χ4n) is 3.31. The number of carbonyl (C=O) groups is 2. The van der Waals surface area contributed by atoms with Gasteiger partial charge >= 0.3 is 0 Å². The topological polar surface area (TPSA) is 96.5 Å². The van der Waals surface area contributed by atoms with Crippen LogP contribution in [0.3, 0.4) is 0 Å². The van der Waals surface area contributed by atoms with Crippen LogP contribution in [0.4, 0.5) is 10.1 Å². The molecule has 0 spiro atoms. The minimum absolute atomic E-state index is 0.176. The first-order chi connectivity index (χ1) is 15.5. The Morgan fingerprint density at radius 2 is 1.94 bits per heavy atom. The van der Waals surface area contributed by atoms with Crippen LogP contribution < -0.4 is 20.3 Å². The summed E-state index contributed by atoms with van der Waals surface area (Å²) in [6.07, 6.45) is -0.642. The van der Waals surface area contributed by atoms with E-state index in [1.165, 1.54) is 23.5 Å². The second kappa shape index (κ2) is 9.73. The summed E-state index contributed by atoms with van der Waals surface area (Å²) in [5.41, 5.74) is 1.64. The van der Waals surface area contributed by atoms with Gasteiger partial charge in [0.05, 0.1) is 18.8 Å². The van der Waals surface area contributed by atoms with Crippen molar-refractivity contribution in [1.82, 2.24) is 20.8 Å². The number of nitrogens with one attached hydrogen (secondary N) is 2. The molecule has 1 aliphatic heterocycles. The highest BCUT2D eigenvalue weighted by Crippen LogP contribution is 2.34. The molecule has 0 fully saturated rings. The number of hydrogen-bond acceptors (Lipinski definition) is 7. The molecule has 0 bridgehead atoms. The Labute approximate surface area is 188 Å². The van der Waals surface area contributed by atoms with Crippen molar-refractivity contribution in [2.75, 3.05) is 18.0 Å². The number of benzene rings is 2. The number of amides is 2. The predicted octanol–water partition coefficient (Wildman–Crippen LogP) is 2.51. The molecule has 4 rings (SSSR count). The minimum atomic E-state index is -0.642. The summed E-state index contributed by atoms with van der Waals surface area (Å²) in [4.78, 5) is 26.8. The highest BCUT2D eigenvalue weighted by molar-refractivity contribution is 7.13. The van der Waals surface area contributed by atoms with E-state index in [1.54, 1.807) is 12.1 Å². The van der Waals surface area contributed by atoms with Gasteiger partial charge in [-0.2, -0.15) is 0 Å². The number of anilines is 1. The van der Waals surface area contributed by atoms with Crippen molar-refractivity contribution in [3.63, 3.8) is 0 Å². The van der Waals surface area contributed by atoms with E-state index < -0.39 is 6.10 Å². The van der Waals surface area contributed by atoms with Crippen LogP contribution in [0.25, 0.3) is 0 Å². The van der Waals surface area contributed by atoms with Gasteiger partial charge in [0.2, 0.25) is 5.01 Å². The normalized spacial score (nSPS) is 14.9. The molecule has 2 amide bonds. The first-order valence-electron chi connectivity index (χ1n) is 10.2. The van der Waals surface area contributed by atoms with Gasteiger partial charge in [0.15, 0.2) is 6.10 Å². The lowest BCUT2D eigenvalue weighted by Crippen LogP contribution is -2.48. The Hall–Kier alpha value is -3.53. The van der Waals surface area contributed by atoms with Crippen molar-refractivity contribution in [3.8, 4) is 5.75 Å². The predicted molar refractivity (Wildman–Crippen MR) is 118 cm³/mol. The molecular formula is C22H22FN5O3S. The average molecular weight is 456 g/mol. The van der Waals surface area contributed by atoms with Crippen LogP contribution in [-0.2, 0) is 17.9 Å². The highest BCUT2D eigenvalue weighted by Gasteiger charge is 2.31. The van der Waals surface area contributed by atoms with Crippen LogP contribution in [-0.4, -0.2) is 41.2 Å². The maximum absolute atomic E-state index is 13.0. The van der Waals surface area contributed by atoms with E-state index in [0.29, 0.717) is 30.4 Å². The Morgan fingerprint density at radius 1 is 1.16 bits per heavy atom. The zero-order chi connectivity index (χ0) is 22.5. The summed E-state index contributed by atoms with van der Waals surface area (Å²) in [5.74, 6) is -0.226. The van der Waals surface area contributed by atoms with E-state index in [9.17, 15) is 14.0 Å². The molecule has 32 heavy (non-hydrogen) atoms. The van der Waals surface area contributed by atoms with E-state index in [4.69, 9.17) is 4.74 Å². The van der Waals surface area contributed by atoms with Crippen molar-refractivity contribution in [2.24, 2.45) is 0 Å². The molecule has 1 aliphatic rings.